The summed E-state index contributed by atoms with van der Waals surface area (Å²) in [5.41, 5.74) is -1.83. The molecule has 2 N–H and O–H groups in total. The number of rotatable bonds is 3. The van der Waals surface area contributed by atoms with Crippen LogP contribution in [-0.4, -0.2) is 43.8 Å². The van der Waals surface area contributed by atoms with Crippen molar-refractivity contribution in [2.24, 2.45) is 0 Å². The lowest BCUT2D eigenvalue weighted by Gasteiger charge is -2.22. The van der Waals surface area contributed by atoms with Gasteiger partial charge in [0, 0.05) is 11.3 Å². The van der Waals surface area contributed by atoms with E-state index in [1.807, 2.05) is 0 Å². The molecule has 0 aromatic heterocycles. The summed E-state index contributed by atoms with van der Waals surface area (Å²) < 4.78 is 14.7. The summed E-state index contributed by atoms with van der Waals surface area (Å²) in [6, 6.07) is 2.69. The SMILES string of the molecule is COC(=O)c1cc2c(cc1NC(=O)OC(C)(C)C)C(C)(C(=O)OC)C(=O)N2. The van der Waals surface area contributed by atoms with Crippen LogP contribution in [0, 0.1) is 0 Å². The van der Waals surface area contributed by atoms with Gasteiger partial charge in [0.1, 0.15) is 5.60 Å². The molecule has 27 heavy (non-hydrogen) atoms. The molecule has 0 saturated heterocycles. The quantitative estimate of drug-likeness (QED) is 0.470. The lowest BCUT2D eigenvalue weighted by molar-refractivity contribution is -0.150. The van der Waals surface area contributed by atoms with E-state index in [9.17, 15) is 19.2 Å². The molecule has 0 spiro atoms. The van der Waals surface area contributed by atoms with E-state index >= 15 is 0 Å². The normalized spacial score (nSPS) is 18.2. The fourth-order valence-electron chi connectivity index (χ4n) is 2.69. The highest BCUT2D eigenvalue weighted by atomic mass is 16.6. The first-order chi connectivity index (χ1) is 12.4. The van der Waals surface area contributed by atoms with Gasteiger partial charge in [0.2, 0.25) is 5.91 Å². The number of hydrogen-bond donors (Lipinski definition) is 2. The molecule has 9 heteroatoms. The molecule has 146 valence electrons. The monoisotopic (exact) mass is 378 g/mol. The van der Waals surface area contributed by atoms with Crippen molar-refractivity contribution >= 4 is 35.3 Å². The van der Waals surface area contributed by atoms with Gasteiger partial charge >= 0.3 is 18.0 Å². The van der Waals surface area contributed by atoms with Crippen LogP contribution in [0.25, 0.3) is 0 Å². The van der Waals surface area contributed by atoms with Gasteiger partial charge in [-0.25, -0.2) is 9.59 Å². The molecule has 1 unspecified atom stereocenters. The summed E-state index contributed by atoms with van der Waals surface area (Å²) in [5, 5.41) is 5.02. The lowest BCUT2D eigenvalue weighted by Crippen LogP contribution is -2.40. The number of methoxy groups -OCH3 is 2. The van der Waals surface area contributed by atoms with Crippen LogP contribution in [-0.2, 0) is 29.2 Å². The van der Waals surface area contributed by atoms with Gasteiger partial charge < -0.3 is 19.5 Å². The van der Waals surface area contributed by atoms with Crippen LogP contribution >= 0.6 is 0 Å². The maximum Gasteiger partial charge on any atom is 0.412 e. The van der Waals surface area contributed by atoms with Crippen LogP contribution in [0.4, 0.5) is 16.2 Å². The number of fused-ring (bicyclic) bond motifs is 1. The molecule has 1 atom stereocenters. The molecule has 0 bridgehead atoms. The number of esters is 2. The summed E-state index contributed by atoms with van der Waals surface area (Å²) in [6.45, 7) is 6.46. The first-order valence-electron chi connectivity index (χ1n) is 8.10. The Bertz CT molecular complexity index is 826. The molecule has 0 fully saturated rings. The third-order valence-corrected chi connectivity index (χ3v) is 4.03. The van der Waals surface area contributed by atoms with Crippen molar-refractivity contribution in [3.05, 3.63) is 23.3 Å². The summed E-state index contributed by atoms with van der Waals surface area (Å²) in [6.07, 6.45) is -0.801. The average molecular weight is 378 g/mol. The largest absolute Gasteiger partial charge is 0.468 e. The number of benzene rings is 1. The van der Waals surface area contributed by atoms with Crippen LogP contribution in [0.2, 0.25) is 0 Å². The minimum Gasteiger partial charge on any atom is -0.468 e. The van der Waals surface area contributed by atoms with Gasteiger partial charge in [0.05, 0.1) is 25.5 Å². The molecule has 0 aliphatic carbocycles. The predicted octanol–water partition coefficient (Wildman–Crippen LogP) is 2.20. The molecule has 1 aromatic carbocycles. The topological polar surface area (TPSA) is 120 Å². The van der Waals surface area contributed by atoms with Crippen molar-refractivity contribution in [2.45, 2.75) is 38.7 Å². The summed E-state index contributed by atoms with van der Waals surface area (Å²) >= 11 is 0. The van der Waals surface area contributed by atoms with Crippen LogP contribution in [0.3, 0.4) is 0 Å². The number of nitrogens with one attached hydrogen (secondary N) is 2. The van der Waals surface area contributed by atoms with Crippen LogP contribution in [0.5, 0.6) is 0 Å². The average Bonchev–Trinajstić information content (AvgIpc) is 2.82. The second kappa shape index (κ2) is 6.90. The minimum atomic E-state index is -1.62. The molecule has 0 radical (unpaired) electrons. The van der Waals surface area contributed by atoms with Crippen molar-refractivity contribution in [3.63, 3.8) is 0 Å². The Morgan fingerprint density at radius 2 is 1.74 bits per heavy atom. The third-order valence-electron chi connectivity index (χ3n) is 4.03. The van der Waals surface area contributed by atoms with E-state index in [2.05, 4.69) is 10.6 Å². The van der Waals surface area contributed by atoms with Crippen LogP contribution in [0.1, 0.15) is 43.6 Å². The summed E-state index contributed by atoms with van der Waals surface area (Å²) in [4.78, 5) is 48.9. The minimum absolute atomic E-state index is 0.00322. The highest BCUT2D eigenvalue weighted by molar-refractivity contribution is 6.20. The van der Waals surface area contributed by atoms with Gasteiger partial charge in [-0.3, -0.25) is 14.9 Å². The maximum absolute atomic E-state index is 12.4. The Morgan fingerprint density at radius 3 is 2.26 bits per heavy atom. The van der Waals surface area contributed by atoms with Gasteiger partial charge in [-0.1, -0.05) is 0 Å². The van der Waals surface area contributed by atoms with E-state index < -0.39 is 35.0 Å². The van der Waals surface area contributed by atoms with Crippen molar-refractivity contribution < 1.29 is 33.4 Å². The Hall–Kier alpha value is -3.10. The molecular weight excluding hydrogens is 356 g/mol. The maximum atomic E-state index is 12.4. The van der Waals surface area contributed by atoms with E-state index in [0.717, 1.165) is 0 Å². The molecular formula is C18H22N2O7. The van der Waals surface area contributed by atoms with Gasteiger partial charge in [0.25, 0.3) is 0 Å². The summed E-state index contributed by atoms with van der Waals surface area (Å²) in [7, 11) is 2.35. The Balaban J connectivity index is 2.56. The zero-order valence-electron chi connectivity index (χ0n) is 16.0. The first kappa shape index (κ1) is 20.2. The van der Waals surface area contributed by atoms with Crippen molar-refractivity contribution in [1.82, 2.24) is 0 Å². The summed E-state index contributed by atoms with van der Waals surface area (Å²) in [5.74, 6) is -2.10. The zero-order chi connectivity index (χ0) is 20.6. The molecule has 1 aromatic rings. The van der Waals surface area contributed by atoms with Crippen molar-refractivity contribution in [2.75, 3.05) is 24.9 Å². The fourth-order valence-corrected chi connectivity index (χ4v) is 2.69. The molecule has 1 heterocycles. The molecule has 2 amide bonds. The molecule has 1 aliphatic heterocycles. The highest BCUT2D eigenvalue weighted by Crippen LogP contribution is 2.41. The van der Waals surface area contributed by atoms with Gasteiger partial charge in [-0.2, -0.15) is 0 Å². The van der Waals surface area contributed by atoms with Gasteiger partial charge in [-0.05, 0) is 39.8 Å². The molecule has 1 aliphatic rings. The highest BCUT2D eigenvalue weighted by Gasteiger charge is 2.50. The van der Waals surface area contributed by atoms with Crippen molar-refractivity contribution in [1.29, 1.82) is 0 Å². The van der Waals surface area contributed by atoms with E-state index in [4.69, 9.17) is 14.2 Å². The van der Waals surface area contributed by atoms with E-state index in [1.54, 1.807) is 20.8 Å². The van der Waals surface area contributed by atoms with Crippen LogP contribution < -0.4 is 10.6 Å². The standard InChI is InChI=1S/C18H22N2O7/c1-17(2,3)27-16(24)20-11-8-10-12(7-9(11)13(21)25-5)19-14(22)18(10,4)15(23)26-6/h7-8H,1-6H3,(H,19,22)(H,20,24). The van der Waals surface area contributed by atoms with E-state index in [1.165, 1.54) is 33.3 Å². The fraction of sp³-hybridized carbons (Fsp3) is 0.444. The second-order valence-electron chi connectivity index (χ2n) is 7.13. The number of ether oxygens (including phenoxy) is 3. The van der Waals surface area contributed by atoms with E-state index in [0.29, 0.717) is 0 Å². The zero-order valence-corrected chi connectivity index (χ0v) is 16.0. The van der Waals surface area contributed by atoms with E-state index in [-0.39, 0.29) is 22.5 Å². The predicted molar refractivity (Wildman–Crippen MR) is 95.6 cm³/mol. The number of carbonyl (C=O) groups excluding carboxylic acids is 4. The number of hydrogen-bond acceptors (Lipinski definition) is 7. The van der Waals surface area contributed by atoms with Crippen molar-refractivity contribution in [3.8, 4) is 0 Å². The number of amides is 2. The third kappa shape index (κ3) is 3.71. The lowest BCUT2D eigenvalue weighted by atomic mass is 9.83. The van der Waals surface area contributed by atoms with Gasteiger partial charge in [0.15, 0.2) is 5.41 Å². The smallest absolute Gasteiger partial charge is 0.412 e. The Kier molecular flexibility index (Phi) is 5.17. The Morgan fingerprint density at radius 1 is 1.11 bits per heavy atom. The number of anilines is 2. The molecule has 0 saturated carbocycles. The second-order valence-corrected chi connectivity index (χ2v) is 7.13. The van der Waals surface area contributed by atoms with Crippen LogP contribution in [0.15, 0.2) is 12.1 Å². The van der Waals surface area contributed by atoms with Gasteiger partial charge in [-0.15, -0.1) is 0 Å². The Labute approximate surface area is 156 Å². The first-order valence-corrected chi connectivity index (χ1v) is 8.10. The molecule has 9 nitrogen and oxygen atoms in total. The number of carbonyl (C=O) groups is 4. The molecule has 2 rings (SSSR count).